The Morgan fingerprint density at radius 2 is 1.14 bits per heavy atom. The van der Waals surface area contributed by atoms with Gasteiger partial charge < -0.3 is 25.3 Å². The molecule has 0 bridgehead atoms. The summed E-state index contributed by atoms with van der Waals surface area (Å²) in [6.07, 6.45) is 5.29. The fourth-order valence-corrected chi connectivity index (χ4v) is 4.17. The van der Waals surface area contributed by atoms with Gasteiger partial charge in [0.2, 0.25) is 0 Å². The second kappa shape index (κ2) is 12.6. The molecule has 28 heavy (non-hydrogen) atoms. The summed E-state index contributed by atoms with van der Waals surface area (Å²) in [7, 11) is 2.22. The molecule has 5 heteroatoms. The second-order valence-electron chi connectivity index (χ2n) is 8.57. The lowest BCUT2D eigenvalue weighted by Gasteiger charge is -2.32. The van der Waals surface area contributed by atoms with E-state index in [1.54, 1.807) is 0 Å². The summed E-state index contributed by atoms with van der Waals surface area (Å²) in [5.41, 5.74) is 2.78. The fraction of sp³-hybridized carbons (Fsp3) is 0.739. The standard InChI is InChI=1S/C23H41N5/c1-26-16-18-28(19-17-26)15-5-11-25-21-23-8-6-22(7-9-23)20-24-10-4-14-27-12-2-3-13-27/h6-9,24-25H,2-5,10-21H2,1H3. The third kappa shape index (κ3) is 8.18. The van der Waals surface area contributed by atoms with Crippen molar-refractivity contribution in [2.45, 2.75) is 38.8 Å². The lowest BCUT2D eigenvalue weighted by Crippen LogP contribution is -2.45. The van der Waals surface area contributed by atoms with Crippen LogP contribution < -0.4 is 10.6 Å². The van der Waals surface area contributed by atoms with E-state index in [0.717, 1.165) is 26.2 Å². The minimum Gasteiger partial charge on any atom is -0.313 e. The molecule has 2 aliphatic heterocycles. The predicted octanol–water partition coefficient (Wildman–Crippen LogP) is 1.99. The molecule has 3 rings (SSSR count). The van der Waals surface area contributed by atoms with Crippen molar-refractivity contribution in [3.8, 4) is 0 Å². The fourth-order valence-electron chi connectivity index (χ4n) is 4.17. The van der Waals surface area contributed by atoms with Gasteiger partial charge in [-0.1, -0.05) is 24.3 Å². The summed E-state index contributed by atoms with van der Waals surface area (Å²) in [5.74, 6) is 0. The summed E-state index contributed by atoms with van der Waals surface area (Å²) in [4.78, 5) is 7.60. The van der Waals surface area contributed by atoms with Gasteiger partial charge in [-0.25, -0.2) is 0 Å². The molecule has 1 aromatic rings. The third-order valence-electron chi connectivity index (χ3n) is 6.13. The minimum atomic E-state index is 0.978. The summed E-state index contributed by atoms with van der Waals surface area (Å²) in [6.45, 7) is 14.2. The molecule has 2 heterocycles. The number of rotatable bonds is 12. The highest BCUT2D eigenvalue weighted by Gasteiger charge is 2.12. The SMILES string of the molecule is CN1CCN(CCCNCc2ccc(CNCCCN3CCCC3)cc2)CC1. The Hall–Kier alpha value is -0.980. The van der Waals surface area contributed by atoms with Crippen molar-refractivity contribution in [3.63, 3.8) is 0 Å². The average Bonchev–Trinajstić information content (AvgIpc) is 3.23. The van der Waals surface area contributed by atoms with Gasteiger partial charge in [0.1, 0.15) is 0 Å². The number of benzene rings is 1. The van der Waals surface area contributed by atoms with Crippen LogP contribution in [0.1, 0.15) is 36.8 Å². The third-order valence-corrected chi connectivity index (χ3v) is 6.13. The van der Waals surface area contributed by atoms with Crippen LogP contribution in [-0.2, 0) is 13.1 Å². The van der Waals surface area contributed by atoms with Gasteiger partial charge in [0.25, 0.3) is 0 Å². The molecule has 0 aromatic heterocycles. The van der Waals surface area contributed by atoms with Crippen molar-refractivity contribution < 1.29 is 0 Å². The van der Waals surface area contributed by atoms with Crippen LogP contribution in [0.15, 0.2) is 24.3 Å². The van der Waals surface area contributed by atoms with Crippen LogP contribution >= 0.6 is 0 Å². The number of likely N-dealkylation sites (tertiary alicyclic amines) is 1. The Morgan fingerprint density at radius 3 is 1.64 bits per heavy atom. The Labute approximate surface area is 172 Å². The highest BCUT2D eigenvalue weighted by atomic mass is 15.2. The normalized spacial score (nSPS) is 19.5. The summed E-state index contributed by atoms with van der Waals surface area (Å²) < 4.78 is 0. The van der Waals surface area contributed by atoms with Crippen LogP contribution in [0.25, 0.3) is 0 Å². The number of hydrogen-bond donors (Lipinski definition) is 2. The lowest BCUT2D eigenvalue weighted by atomic mass is 10.1. The van der Waals surface area contributed by atoms with Gasteiger partial charge in [0.15, 0.2) is 0 Å². The number of likely N-dealkylation sites (N-methyl/N-ethyl adjacent to an activating group) is 1. The Kier molecular flexibility index (Phi) is 9.74. The molecular formula is C23H41N5. The maximum absolute atomic E-state index is 3.60. The van der Waals surface area contributed by atoms with Gasteiger partial charge in [-0.2, -0.15) is 0 Å². The van der Waals surface area contributed by atoms with E-state index in [9.17, 15) is 0 Å². The zero-order chi connectivity index (χ0) is 19.4. The molecule has 2 aliphatic rings. The number of hydrogen-bond acceptors (Lipinski definition) is 5. The summed E-state index contributed by atoms with van der Waals surface area (Å²) in [5, 5.41) is 7.19. The minimum absolute atomic E-state index is 0.978. The van der Waals surface area contributed by atoms with Crippen LogP contribution in [0.5, 0.6) is 0 Å². The molecule has 0 aliphatic carbocycles. The zero-order valence-corrected chi connectivity index (χ0v) is 18.0. The molecule has 5 nitrogen and oxygen atoms in total. The highest BCUT2D eigenvalue weighted by Crippen LogP contribution is 2.07. The zero-order valence-electron chi connectivity index (χ0n) is 18.0. The van der Waals surface area contributed by atoms with Gasteiger partial charge in [-0.3, -0.25) is 0 Å². The predicted molar refractivity (Wildman–Crippen MR) is 119 cm³/mol. The van der Waals surface area contributed by atoms with E-state index in [1.165, 1.54) is 89.2 Å². The van der Waals surface area contributed by atoms with Crippen LogP contribution in [0, 0.1) is 0 Å². The van der Waals surface area contributed by atoms with E-state index < -0.39 is 0 Å². The lowest BCUT2D eigenvalue weighted by molar-refractivity contribution is 0.153. The monoisotopic (exact) mass is 387 g/mol. The van der Waals surface area contributed by atoms with Gasteiger partial charge in [0.05, 0.1) is 0 Å². The number of nitrogens with one attached hydrogen (secondary N) is 2. The van der Waals surface area contributed by atoms with Crippen molar-refractivity contribution in [2.24, 2.45) is 0 Å². The molecule has 2 N–H and O–H groups in total. The Balaban J connectivity index is 1.19. The first-order valence-corrected chi connectivity index (χ1v) is 11.4. The van der Waals surface area contributed by atoms with Gasteiger partial charge >= 0.3 is 0 Å². The molecular weight excluding hydrogens is 346 g/mol. The molecule has 0 unspecified atom stereocenters. The van der Waals surface area contributed by atoms with Crippen LogP contribution in [0.2, 0.25) is 0 Å². The van der Waals surface area contributed by atoms with E-state index >= 15 is 0 Å². The quantitative estimate of drug-likeness (QED) is 0.536. The van der Waals surface area contributed by atoms with Gasteiger partial charge in [-0.05, 0) is 83.1 Å². The largest absolute Gasteiger partial charge is 0.313 e. The van der Waals surface area contributed by atoms with Crippen LogP contribution in [0.4, 0.5) is 0 Å². The van der Waals surface area contributed by atoms with Crippen molar-refractivity contribution >= 4 is 0 Å². The second-order valence-corrected chi connectivity index (χ2v) is 8.57. The Bertz CT molecular complexity index is 518. The first kappa shape index (κ1) is 21.7. The molecule has 1 aromatic carbocycles. The molecule has 2 fully saturated rings. The molecule has 158 valence electrons. The molecule has 2 saturated heterocycles. The first-order chi connectivity index (χ1) is 13.8. The summed E-state index contributed by atoms with van der Waals surface area (Å²) >= 11 is 0. The van der Waals surface area contributed by atoms with E-state index in [4.69, 9.17) is 0 Å². The van der Waals surface area contributed by atoms with Crippen molar-refractivity contribution in [1.29, 1.82) is 0 Å². The maximum Gasteiger partial charge on any atom is 0.0205 e. The van der Waals surface area contributed by atoms with Crippen molar-refractivity contribution in [1.82, 2.24) is 25.3 Å². The van der Waals surface area contributed by atoms with E-state index in [2.05, 4.69) is 56.6 Å². The van der Waals surface area contributed by atoms with Gasteiger partial charge in [0, 0.05) is 39.3 Å². The molecule has 0 atom stereocenters. The smallest absolute Gasteiger partial charge is 0.0205 e. The molecule has 0 saturated carbocycles. The first-order valence-electron chi connectivity index (χ1n) is 11.4. The average molecular weight is 388 g/mol. The van der Waals surface area contributed by atoms with Crippen LogP contribution in [-0.4, -0.2) is 87.2 Å². The molecule has 0 radical (unpaired) electrons. The van der Waals surface area contributed by atoms with E-state index in [-0.39, 0.29) is 0 Å². The van der Waals surface area contributed by atoms with Crippen molar-refractivity contribution in [3.05, 3.63) is 35.4 Å². The highest BCUT2D eigenvalue weighted by molar-refractivity contribution is 5.22. The van der Waals surface area contributed by atoms with Gasteiger partial charge in [-0.15, -0.1) is 0 Å². The number of nitrogens with zero attached hydrogens (tertiary/aromatic N) is 3. The summed E-state index contributed by atoms with van der Waals surface area (Å²) in [6, 6.07) is 9.09. The topological polar surface area (TPSA) is 33.8 Å². The number of piperazine rings is 1. The van der Waals surface area contributed by atoms with E-state index in [1.807, 2.05) is 0 Å². The molecule has 0 amide bonds. The van der Waals surface area contributed by atoms with Crippen LogP contribution in [0.3, 0.4) is 0 Å². The maximum atomic E-state index is 3.60. The molecule has 0 spiro atoms. The Morgan fingerprint density at radius 1 is 0.679 bits per heavy atom. The van der Waals surface area contributed by atoms with E-state index in [0.29, 0.717) is 0 Å². The van der Waals surface area contributed by atoms with Crippen molar-refractivity contribution in [2.75, 3.05) is 72.5 Å².